The van der Waals surface area contributed by atoms with Crippen molar-refractivity contribution in [2.75, 3.05) is 14.2 Å². The second-order valence-electron chi connectivity index (χ2n) is 3.98. The fourth-order valence-electron chi connectivity index (χ4n) is 1.74. The lowest BCUT2D eigenvalue weighted by Gasteiger charge is -2.13. The number of benzene rings is 1. The predicted molar refractivity (Wildman–Crippen MR) is 68.7 cm³/mol. The Morgan fingerprint density at radius 1 is 1.26 bits per heavy atom. The van der Waals surface area contributed by atoms with Gasteiger partial charge in [-0.1, -0.05) is 13.0 Å². The molecule has 19 heavy (non-hydrogen) atoms. The zero-order valence-corrected chi connectivity index (χ0v) is 11.2. The molecule has 1 rings (SSSR count). The zero-order valence-electron chi connectivity index (χ0n) is 11.2. The lowest BCUT2D eigenvalue weighted by molar-refractivity contribution is -0.122. The van der Waals surface area contributed by atoms with E-state index >= 15 is 0 Å². The average Bonchev–Trinajstić information content (AvgIpc) is 2.44. The van der Waals surface area contributed by atoms with Crippen molar-refractivity contribution >= 4 is 11.6 Å². The molecule has 104 valence electrons. The number of hydrogen-bond donors (Lipinski definition) is 0. The van der Waals surface area contributed by atoms with Crippen molar-refractivity contribution in [3.8, 4) is 11.5 Å². The molecule has 0 aliphatic heterocycles. The van der Waals surface area contributed by atoms with Crippen LogP contribution >= 0.6 is 0 Å². The summed E-state index contributed by atoms with van der Waals surface area (Å²) in [4.78, 5) is 23.4. The molecule has 0 aliphatic rings. The molecular formula is C14H17FO4. The normalized spacial score (nSPS) is 11.8. The molecule has 0 fully saturated rings. The van der Waals surface area contributed by atoms with E-state index in [1.165, 1.54) is 20.3 Å². The van der Waals surface area contributed by atoms with E-state index in [-0.39, 0.29) is 17.7 Å². The van der Waals surface area contributed by atoms with E-state index < -0.39 is 17.7 Å². The van der Waals surface area contributed by atoms with Gasteiger partial charge in [-0.15, -0.1) is 0 Å². The topological polar surface area (TPSA) is 52.6 Å². The highest BCUT2D eigenvalue weighted by molar-refractivity contribution is 6.14. The smallest absolute Gasteiger partial charge is 0.220 e. The van der Waals surface area contributed by atoms with Gasteiger partial charge in [0.15, 0.2) is 17.3 Å². The van der Waals surface area contributed by atoms with Crippen molar-refractivity contribution in [1.29, 1.82) is 0 Å². The van der Waals surface area contributed by atoms with E-state index in [0.717, 1.165) is 0 Å². The molecular weight excluding hydrogens is 251 g/mol. The van der Waals surface area contributed by atoms with Gasteiger partial charge in [0, 0.05) is 6.42 Å². The van der Waals surface area contributed by atoms with Crippen molar-refractivity contribution < 1.29 is 23.5 Å². The third kappa shape index (κ3) is 3.30. The second-order valence-corrected chi connectivity index (χ2v) is 3.98. The Labute approximate surface area is 111 Å². The van der Waals surface area contributed by atoms with Gasteiger partial charge < -0.3 is 9.47 Å². The van der Waals surface area contributed by atoms with Crippen LogP contribution in [0.25, 0.3) is 0 Å². The van der Waals surface area contributed by atoms with Crippen molar-refractivity contribution in [3.63, 3.8) is 0 Å². The number of alkyl halides is 1. The molecule has 1 aromatic rings. The van der Waals surface area contributed by atoms with Gasteiger partial charge in [0.1, 0.15) is 0 Å². The zero-order chi connectivity index (χ0) is 14.4. The van der Waals surface area contributed by atoms with Crippen LogP contribution in [0.2, 0.25) is 0 Å². The van der Waals surface area contributed by atoms with Crippen LogP contribution in [0, 0.1) is 0 Å². The molecule has 0 radical (unpaired) electrons. The molecule has 1 atom stereocenters. The molecule has 0 saturated heterocycles. The summed E-state index contributed by atoms with van der Waals surface area (Å²) in [7, 11) is 2.77. The molecule has 0 saturated carbocycles. The monoisotopic (exact) mass is 268 g/mol. The Bertz CT molecular complexity index is 471. The number of Topliss-reactive ketones (excluding diaryl/α,β-unsaturated/α-hetero) is 2. The summed E-state index contributed by atoms with van der Waals surface area (Å²) >= 11 is 0. The first-order chi connectivity index (χ1) is 9.06. The van der Waals surface area contributed by atoms with E-state index in [1.54, 1.807) is 19.1 Å². The Hall–Kier alpha value is -1.91. The summed E-state index contributed by atoms with van der Waals surface area (Å²) in [5, 5.41) is 0. The average molecular weight is 268 g/mol. The molecule has 0 heterocycles. The Kier molecular flexibility index (Phi) is 5.48. The number of methoxy groups -OCH3 is 2. The van der Waals surface area contributed by atoms with Gasteiger partial charge in [0.05, 0.1) is 19.8 Å². The van der Waals surface area contributed by atoms with Crippen LogP contribution in [0.4, 0.5) is 4.39 Å². The number of rotatable bonds is 7. The number of para-hydroxylation sites is 1. The van der Waals surface area contributed by atoms with Crippen molar-refractivity contribution in [2.24, 2.45) is 0 Å². The fraction of sp³-hybridized carbons (Fsp3) is 0.429. The van der Waals surface area contributed by atoms with Crippen LogP contribution in [0.5, 0.6) is 11.5 Å². The quantitative estimate of drug-likeness (QED) is 0.563. The van der Waals surface area contributed by atoms with Crippen LogP contribution in [0.1, 0.15) is 30.1 Å². The Balaban J connectivity index is 3.09. The third-order valence-electron chi connectivity index (χ3n) is 2.68. The van der Waals surface area contributed by atoms with Gasteiger partial charge in [-0.05, 0) is 18.6 Å². The summed E-state index contributed by atoms with van der Waals surface area (Å²) in [6.45, 7) is 1.75. The minimum atomic E-state index is -2.15. The van der Waals surface area contributed by atoms with Crippen molar-refractivity contribution in [3.05, 3.63) is 23.8 Å². The third-order valence-corrected chi connectivity index (χ3v) is 2.68. The van der Waals surface area contributed by atoms with E-state index in [2.05, 4.69) is 0 Å². The number of ketones is 2. The predicted octanol–water partition coefficient (Wildman–Crippen LogP) is 2.59. The first-order valence-corrected chi connectivity index (χ1v) is 5.98. The van der Waals surface area contributed by atoms with Gasteiger partial charge in [0.25, 0.3) is 0 Å². The van der Waals surface area contributed by atoms with E-state index in [1.807, 2.05) is 0 Å². The van der Waals surface area contributed by atoms with Gasteiger partial charge >= 0.3 is 0 Å². The highest BCUT2D eigenvalue weighted by atomic mass is 19.1. The van der Waals surface area contributed by atoms with Crippen molar-refractivity contribution in [1.82, 2.24) is 0 Å². The first-order valence-electron chi connectivity index (χ1n) is 5.98. The second kappa shape index (κ2) is 6.87. The highest BCUT2D eigenvalue weighted by Gasteiger charge is 2.29. The standard InChI is InChI=1S/C14H17FO4/c1-4-6-10(16)12(15)13(17)9-7-5-8-11(18-2)14(9)19-3/h5,7-8,12H,4,6H2,1-3H3. The van der Waals surface area contributed by atoms with Crippen LogP contribution in [-0.4, -0.2) is 32.0 Å². The minimum absolute atomic E-state index is 0.0128. The molecule has 4 nitrogen and oxygen atoms in total. The Morgan fingerprint density at radius 3 is 2.47 bits per heavy atom. The van der Waals surface area contributed by atoms with Crippen LogP contribution in [-0.2, 0) is 4.79 Å². The maximum Gasteiger partial charge on any atom is 0.220 e. The van der Waals surface area contributed by atoms with E-state index in [9.17, 15) is 14.0 Å². The number of hydrogen-bond acceptors (Lipinski definition) is 4. The molecule has 1 unspecified atom stereocenters. The molecule has 5 heteroatoms. The molecule has 0 N–H and O–H groups in total. The SMILES string of the molecule is CCCC(=O)C(F)C(=O)c1cccc(OC)c1OC. The van der Waals surface area contributed by atoms with Gasteiger partial charge in [-0.3, -0.25) is 9.59 Å². The number of carbonyl (C=O) groups excluding carboxylic acids is 2. The lowest BCUT2D eigenvalue weighted by Crippen LogP contribution is -2.26. The highest BCUT2D eigenvalue weighted by Crippen LogP contribution is 2.31. The molecule has 1 aromatic carbocycles. The first kappa shape index (κ1) is 15.1. The van der Waals surface area contributed by atoms with Crippen molar-refractivity contribution in [2.45, 2.75) is 25.9 Å². The van der Waals surface area contributed by atoms with Crippen LogP contribution in [0.15, 0.2) is 18.2 Å². The lowest BCUT2D eigenvalue weighted by atomic mass is 10.0. The largest absolute Gasteiger partial charge is 0.493 e. The summed E-state index contributed by atoms with van der Waals surface area (Å²) in [6, 6.07) is 4.55. The summed E-state index contributed by atoms with van der Waals surface area (Å²) in [6.07, 6.45) is -1.61. The maximum absolute atomic E-state index is 13.8. The van der Waals surface area contributed by atoms with Crippen LogP contribution < -0.4 is 9.47 Å². The summed E-state index contributed by atoms with van der Waals surface area (Å²) in [5.74, 6) is -1.14. The summed E-state index contributed by atoms with van der Waals surface area (Å²) in [5.41, 5.74) is 0.0128. The Morgan fingerprint density at radius 2 is 1.95 bits per heavy atom. The van der Waals surface area contributed by atoms with Crippen LogP contribution in [0.3, 0.4) is 0 Å². The van der Waals surface area contributed by atoms with Gasteiger partial charge in [0.2, 0.25) is 12.0 Å². The molecule has 0 aliphatic carbocycles. The van der Waals surface area contributed by atoms with E-state index in [4.69, 9.17) is 9.47 Å². The fourth-order valence-corrected chi connectivity index (χ4v) is 1.74. The maximum atomic E-state index is 13.8. The van der Waals surface area contributed by atoms with E-state index in [0.29, 0.717) is 12.2 Å². The molecule has 0 bridgehead atoms. The summed E-state index contributed by atoms with van der Waals surface area (Å²) < 4.78 is 23.9. The number of halogens is 1. The minimum Gasteiger partial charge on any atom is -0.493 e. The van der Waals surface area contributed by atoms with Gasteiger partial charge in [-0.25, -0.2) is 4.39 Å². The molecule has 0 spiro atoms. The molecule has 0 aromatic heterocycles. The molecule has 0 amide bonds. The number of ether oxygens (including phenoxy) is 2. The number of carbonyl (C=O) groups is 2. The van der Waals surface area contributed by atoms with Gasteiger partial charge in [-0.2, -0.15) is 0 Å².